The average Bonchev–Trinajstić information content (AvgIpc) is 2.46. The van der Waals surface area contributed by atoms with E-state index < -0.39 is 23.5 Å². The van der Waals surface area contributed by atoms with Crippen LogP contribution < -0.4 is 0 Å². The summed E-state index contributed by atoms with van der Waals surface area (Å²) >= 11 is 0. The fraction of sp³-hybridized carbons (Fsp3) is 0.188. The van der Waals surface area contributed by atoms with Gasteiger partial charge in [-0.25, -0.2) is 4.39 Å². The smallest absolute Gasteiger partial charge is 0.337 e. The van der Waals surface area contributed by atoms with Crippen LogP contribution in [0.5, 0.6) is 0 Å². The van der Waals surface area contributed by atoms with Crippen molar-refractivity contribution in [3.05, 3.63) is 71.0 Å². The third kappa shape index (κ3) is 3.44. The summed E-state index contributed by atoms with van der Waals surface area (Å²) in [5.74, 6) is -1.38. The Morgan fingerprint density at radius 1 is 1.05 bits per heavy atom. The van der Waals surface area contributed by atoms with E-state index in [-0.39, 0.29) is 17.7 Å². The predicted octanol–water partition coefficient (Wildman–Crippen LogP) is 4.12. The Morgan fingerprint density at radius 3 is 2.27 bits per heavy atom. The predicted molar refractivity (Wildman–Crippen MR) is 73.6 cm³/mol. The van der Waals surface area contributed by atoms with Crippen LogP contribution in [0, 0.1) is 5.82 Å². The molecule has 0 saturated heterocycles. The fourth-order valence-electron chi connectivity index (χ4n) is 2.10. The van der Waals surface area contributed by atoms with Crippen molar-refractivity contribution >= 4 is 5.91 Å². The summed E-state index contributed by atoms with van der Waals surface area (Å²) < 4.78 is 52.4. The van der Waals surface area contributed by atoms with Gasteiger partial charge in [0.2, 0.25) is 0 Å². The molecular formula is C16H13F4NO. The lowest BCUT2D eigenvalue weighted by Crippen LogP contribution is -2.28. The quantitative estimate of drug-likeness (QED) is 0.781. The van der Waals surface area contributed by atoms with Crippen molar-refractivity contribution in [2.24, 2.45) is 0 Å². The van der Waals surface area contributed by atoms with Gasteiger partial charge >= 0.3 is 6.18 Å². The number of carbonyl (C=O) groups excluding carboxylic acids is 1. The van der Waals surface area contributed by atoms with Gasteiger partial charge in [0, 0.05) is 13.6 Å². The second-order valence-electron chi connectivity index (χ2n) is 4.80. The maximum absolute atomic E-state index is 13.6. The molecule has 0 fully saturated rings. The van der Waals surface area contributed by atoms with Crippen LogP contribution in [0.2, 0.25) is 0 Å². The number of carbonyl (C=O) groups is 1. The van der Waals surface area contributed by atoms with Gasteiger partial charge in [-0.05, 0) is 23.8 Å². The first kappa shape index (κ1) is 16.0. The van der Waals surface area contributed by atoms with E-state index in [1.807, 2.05) is 0 Å². The van der Waals surface area contributed by atoms with E-state index in [2.05, 4.69) is 0 Å². The van der Waals surface area contributed by atoms with Crippen molar-refractivity contribution in [2.75, 3.05) is 7.05 Å². The second kappa shape index (κ2) is 6.17. The lowest BCUT2D eigenvalue weighted by molar-refractivity contribution is -0.138. The Balaban J connectivity index is 2.25. The van der Waals surface area contributed by atoms with Gasteiger partial charge in [-0.1, -0.05) is 30.3 Å². The van der Waals surface area contributed by atoms with Gasteiger partial charge in [0.1, 0.15) is 5.82 Å². The van der Waals surface area contributed by atoms with Gasteiger partial charge in [-0.2, -0.15) is 13.2 Å². The molecule has 0 aliphatic carbocycles. The van der Waals surface area contributed by atoms with Gasteiger partial charge in [0.05, 0.1) is 11.1 Å². The van der Waals surface area contributed by atoms with Crippen molar-refractivity contribution in [1.82, 2.24) is 4.90 Å². The summed E-state index contributed by atoms with van der Waals surface area (Å²) in [6, 6.07) is 10.4. The highest BCUT2D eigenvalue weighted by Crippen LogP contribution is 2.32. The lowest BCUT2D eigenvalue weighted by atomic mass is 10.1. The van der Waals surface area contributed by atoms with Crippen molar-refractivity contribution < 1.29 is 22.4 Å². The molecule has 0 spiro atoms. The molecule has 2 aromatic rings. The highest BCUT2D eigenvalue weighted by atomic mass is 19.4. The highest BCUT2D eigenvalue weighted by molar-refractivity contribution is 5.94. The zero-order valence-corrected chi connectivity index (χ0v) is 11.7. The summed E-state index contributed by atoms with van der Waals surface area (Å²) in [5.41, 5.74) is -1.01. The van der Waals surface area contributed by atoms with Crippen LogP contribution in [-0.2, 0) is 12.7 Å². The number of nitrogens with zero attached hydrogens (tertiary/aromatic N) is 1. The van der Waals surface area contributed by atoms with E-state index in [4.69, 9.17) is 0 Å². The summed E-state index contributed by atoms with van der Waals surface area (Å²) in [5, 5.41) is 0. The molecule has 0 aliphatic rings. The molecule has 6 heteroatoms. The molecule has 0 N–H and O–H groups in total. The van der Waals surface area contributed by atoms with Crippen molar-refractivity contribution in [3.63, 3.8) is 0 Å². The summed E-state index contributed by atoms with van der Waals surface area (Å²) in [4.78, 5) is 13.2. The summed E-state index contributed by atoms with van der Waals surface area (Å²) in [6.45, 7) is -0.261. The molecule has 2 nitrogen and oxygen atoms in total. The van der Waals surface area contributed by atoms with Crippen molar-refractivity contribution in [1.29, 1.82) is 0 Å². The van der Waals surface area contributed by atoms with E-state index in [0.29, 0.717) is 0 Å². The number of alkyl halides is 3. The second-order valence-corrected chi connectivity index (χ2v) is 4.80. The third-order valence-electron chi connectivity index (χ3n) is 3.18. The maximum atomic E-state index is 13.6. The van der Waals surface area contributed by atoms with Crippen LogP contribution in [0.4, 0.5) is 17.6 Å². The number of halogens is 4. The molecule has 0 unspecified atom stereocenters. The Labute approximate surface area is 125 Å². The molecule has 0 atom stereocenters. The third-order valence-corrected chi connectivity index (χ3v) is 3.18. The number of amides is 1. The Morgan fingerprint density at radius 2 is 1.64 bits per heavy atom. The van der Waals surface area contributed by atoms with Crippen LogP contribution >= 0.6 is 0 Å². The zero-order valence-electron chi connectivity index (χ0n) is 11.7. The molecule has 1 amide bonds. The molecule has 0 aromatic heterocycles. The van der Waals surface area contributed by atoms with Gasteiger partial charge in [0.25, 0.3) is 5.91 Å². The largest absolute Gasteiger partial charge is 0.416 e. The molecule has 2 aromatic carbocycles. The number of hydrogen-bond donors (Lipinski definition) is 0. The van der Waals surface area contributed by atoms with Crippen LogP contribution in [0.3, 0.4) is 0 Å². The van der Waals surface area contributed by atoms with Crippen molar-refractivity contribution in [3.8, 4) is 0 Å². The molecule has 22 heavy (non-hydrogen) atoms. The first-order valence-corrected chi connectivity index (χ1v) is 6.46. The molecule has 0 heterocycles. The first-order chi connectivity index (χ1) is 10.3. The SMILES string of the molecule is CN(Cc1ccccc1C(F)(F)F)C(=O)c1ccccc1F. The molecule has 2 rings (SSSR count). The normalized spacial score (nSPS) is 11.3. The van der Waals surface area contributed by atoms with E-state index >= 15 is 0 Å². The van der Waals surface area contributed by atoms with E-state index in [0.717, 1.165) is 17.0 Å². The molecule has 0 saturated carbocycles. The van der Waals surface area contributed by atoms with Crippen LogP contribution in [0.1, 0.15) is 21.5 Å². The number of benzene rings is 2. The van der Waals surface area contributed by atoms with Crippen molar-refractivity contribution in [2.45, 2.75) is 12.7 Å². The van der Waals surface area contributed by atoms with Crippen LogP contribution in [-0.4, -0.2) is 17.9 Å². The van der Waals surface area contributed by atoms with E-state index in [1.165, 1.54) is 43.4 Å². The van der Waals surface area contributed by atoms with Crippen LogP contribution in [0.15, 0.2) is 48.5 Å². The number of hydrogen-bond acceptors (Lipinski definition) is 1. The van der Waals surface area contributed by atoms with E-state index in [9.17, 15) is 22.4 Å². The minimum atomic E-state index is -4.50. The Hall–Kier alpha value is -2.37. The molecule has 0 bridgehead atoms. The standard InChI is InChI=1S/C16H13F4NO/c1-21(15(22)12-7-3-5-9-14(12)17)10-11-6-2-4-8-13(11)16(18,19)20/h2-9H,10H2,1H3. The topological polar surface area (TPSA) is 20.3 Å². The summed E-state index contributed by atoms with van der Waals surface area (Å²) in [6.07, 6.45) is -4.50. The maximum Gasteiger partial charge on any atom is 0.416 e. The average molecular weight is 311 g/mol. The number of rotatable bonds is 3. The molecule has 116 valence electrons. The molecule has 0 radical (unpaired) electrons. The minimum Gasteiger partial charge on any atom is -0.337 e. The Kier molecular flexibility index (Phi) is 4.49. The van der Waals surface area contributed by atoms with Gasteiger partial charge < -0.3 is 4.90 Å². The van der Waals surface area contributed by atoms with Crippen LogP contribution in [0.25, 0.3) is 0 Å². The molecular weight excluding hydrogens is 298 g/mol. The summed E-state index contributed by atoms with van der Waals surface area (Å²) in [7, 11) is 1.34. The highest BCUT2D eigenvalue weighted by Gasteiger charge is 2.33. The fourth-order valence-corrected chi connectivity index (χ4v) is 2.10. The van der Waals surface area contributed by atoms with Gasteiger partial charge in [0.15, 0.2) is 0 Å². The lowest BCUT2D eigenvalue weighted by Gasteiger charge is -2.20. The minimum absolute atomic E-state index is 0.0396. The van der Waals surface area contributed by atoms with Gasteiger partial charge in [-0.15, -0.1) is 0 Å². The van der Waals surface area contributed by atoms with Gasteiger partial charge in [-0.3, -0.25) is 4.79 Å². The monoisotopic (exact) mass is 311 g/mol. The zero-order chi connectivity index (χ0) is 16.3. The Bertz CT molecular complexity index is 682. The van der Waals surface area contributed by atoms with E-state index in [1.54, 1.807) is 0 Å². The first-order valence-electron chi connectivity index (χ1n) is 6.46. The molecule has 0 aliphatic heterocycles.